The van der Waals surface area contributed by atoms with Crippen LogP contribution in [0.15, 0.2) is 12.2 Å². The van der Waals surface area contributed by atoms with E-state index in [0.717, 1.165) is 44.9 Å². The van der Waals surface area contributed by atoms with E-state index in [-0.39, 0.29) is 18.0 Å². The van der Waals surface area contributed by atoms with Crippen molar-refractivity contribution in [3.05, 3.63) is 12.2 Å². The standard InChI is InChI=1S/C44H84N2O5/c1-3-5-7-9-11-12-13-14-15-16-17-18-19-20-21-22-23-24-26-32-38-43(48)51-40(34-29-25-10-8-6-4-2)35-30-27-28-31-37-42(47)46-41(44(49)50)36-33-39-45/h29,34,40-41H,3-28,30-33,35-39,45H2,1-2H3,(H,46,47)(H,49,50)/b34-29-. The first-order valence-electron chi connectivity index (χ1n) is 22.0. The lowest BCUT2D eigenvalue weighted by Crippen LogP contribution is -2.40. The number of carboxylic acids is 1. The second-order valence-electron chi connectivity index (χ2n) is 15.1. The van der Waals surface area contributed by atoms with Gasteiger partial charge in [0, 0.05) is 12.8 Å². The lowest BCUT2D eigenvalue weighted by Gasteiger charge is -2.15. The zero-order chi connectivity index (χ0) is 37.5. The molecule has 0 aromatic rings. The normalized spacial score (nSPS) is 12.7. The van der Waals surface area contributed by atoms with Crippen LogP contribution in [0.1, 0.15) is 232 Å². The number of ether oxygens (including phenoxy) is 1. The third kappa shape index (κ3) is 36.3. The monoisotopic (exact) mass is 721 g/mol. The van der Waals surface area contributed by atoms with Gasteiger partial charge < -0.3 is 20.9 Å². The summed E-state index contributed by atoms with van der Waals surface area (Å²) in [6.07, 6.45) is 42.9. The van der Waals surface area contributed by atoms with Crippen molar-refractivity contribution in [2.24, 2.45) is 5.73 Å². The van der Waals surface area contributed by atoms with Crippen LogP contribution in [-0.4, -0.2) is 41.6 Å². The van der Waals surface area contributed by atoms with E-state index in [9.17, 15) is 19.5 Å². The van der Waals surface area contributed by atoms with Crippen molar-refractivity contribution in [1.29, 1.82) is 0 Å². The number of nitrogens with one attached hydrogen (secondary N) is 1. The number of amides is 1. The smallest absolute Gasteiger partial charge is 0.326 e. The van der Waals surface area contributed by atoms with E-state index >= 15 is 0 Å². The van der Waals surface area contributed by atoms with Crippen LogP contribution >= 0.6 is 0 Å². The van der Waals surface area contributed by atoms with Gasteiger partial charge in [-0.2, -0.15) is 0 Å². The largest absolute Gasteiger partial charge is 0.480 e. The van der Waals surface area contributed by atoms with Crippen LogP contribution < -0.4 is 11.1 Å². The van der Waals surface area contributed by atoms with E-state index in [0.29, 0.717) is 38.6 Å². The number of hydrogen-bond donors (Lipinski definition) is 3. The Hall–Kier alpha value is -1.89. The van der Waals surface area contributed by atoms with Gasteiger partial charge in [-0.15, -0.1) is 0 Å². The quantitative estimate of drug-likeness (QED) is 0.0329. The molecule has 0 bridgehead atoms. The molecule has 0 aromatic heterocycles. The maximum atomic E-state index is 12.7. The van der Waals surface area contributed by atoms with Crippen LogP contribution in [0.25, 0.3) is 0 Å². The zero-order valence-electron chi connectivity index (χ0n) is 33.7. The summed E-state index contributed by atoms with van der Waals surface area (Å²) in [5, 5.41) is 11.9. The van der Waals surface area contributed by atoms with Gasteiger partial charge >= 0.3 is 11.9 Å². The van der Waals surface area contributed by atoms with E-state index in [4.69, 9.17) is 10.5 Å². The number of carboxylic acid groups (broad SMARTS) is 1. The van der Waals surface area contributed by atoms with Crippen LogP contribution in [0.2, 0.25) is 0 Å². The lowest BCUT2D eigenvalue weighted by molar-refractivity contribution is -0.147. The highest BCUT2D eigenvalue weighted by molar-refractivity contribution is 5.83. The fraction of sp³-hybridized carbons (Fsp3) is 0.886. The molecule has 0 saturated heterocycles. The first-order chi connectivity index (χ1) is 24.9. The van der Waals surface area contributed by atoms with Gasteiger partial charge in [-0.3, -0.25) is 9.59 Å². The number of rotatable bonds is 40. The summed E-state index contributed by atoms with van der Waals surface area (Å²) in [6.45, 7) is 4.91. The molecule has 0 aliphatic carbocycles. The number of nitrogens with two attached hydrogens (primary N) is 1. The molecular weight excluding hydrogens is 636 g/mol. The van der Waals surface area contributed by atoms with E-state index in [1.165, 1.54) is 141 Å². The Morgan fingerprint density at radius 1 is 0.569 bits per heavy atom. The van der Waals surface area contributed by atoms with Gasteiger partial charge in [0.1, 0.15) is 12.1 Å². The maximum Gasteiger partial charge on any atom is 0.326 e. The minimum atomic E-state index is -1.01. The van der Waals surface area contributed by atoms with E-state index in [1.807, 2.05) is 0 Å². The van der Waals surface area contributed by atoms with Crippen LogP contribution in [0, 0.1) is 0 Å². The highest BCUT2D eigenvalue weighted by Gasteiger charge is 2.19. The molecule has 51 heavy (non-hydrogen) atoms. The van der Waals surface area contributed by atoms with Crippen LogP contribution in [0.5, 0.6) is 0 Å². The molecule has 0 aliphatic rings. The molecule has 7 heteroatoms. The molecule has 4 N–H and O–H groups in total. The average Bonchev–Trinajstić information content (AvgIpc) is 3.11. The Labute approximate surface area is 315 Å². The molecule has 2 atom stereocenters. The number of allylic oxidation sites excluding steroid dienone is 1. The number of esters is 1. The van der Waals surface area contributed by atoms with E-state index in [2.05, 4.69) is 31.3 Å². The second kappa shape index (κ2) is 39.3. The molecule has 0 rings (SSSR count). The van der Waals surface area contributed by atoms with Gasteiger partial charge in [-0.25, -0.2) is 4.79 Å². The third-order valence-electron chi connectivity index (χ3n) is 10.1. The van der Waals surface area contributed by atoms with Crippen molar-refractivity contribution in [3.63, 3.8) is 0 Å². The molecule has 0 aromatic carbocycles. The Morgan fingerprint density at radius 2 is 1.00 bits per heavy atom. The van der Waals surface area contributed by atoms with Crippen molar-refractivity contribution >= 4 is 17.8 Å². The first-order valence-corrected chi connectivity index (χ1v) is 22.0. The van der Waals surface area contributed by atoms with Gasteiger partial charge in [0.05, 0.1) is 0 Å². The first kappa shape index (κ1) is 49.1. The van der Waals surface area contributed by atoms with E-state index < -0.39 is 12.0 Å². The van der Waals surface area contributed by atoms with Crippen molar-refractivity contribution in [2.75, 3.05) is 6.54 Å². The van der Waals surface area contributed by atoms with Crippen LogP contribution in [0.4, 0.5) is 0 Å². The summed E-state index contributed by atoms with van der Waals surface area (Å²) in [7, 11) is 0. The molecule has 7 nitrogen and oxygen atoms in total. The highest BCUT2D eigenvalue weighted by atomic mass is 16.5. The molecule has 0 heterocycles. The van der Waals surface area contributed by atoms with Crippen LogP contribution in [-0.2, 0) is 19.1 Å². The van der Waals surface area contributed by atoms with Crippen molar-refractivity contribution in [2.45, 2.75) is 244 Å². The predicted molar refractivity (Wildman–Crippen MR) is 216 cm³/mol. The maximum absolute atomic E-state index is 12.7. The number of unbranched alkanes of at least 4 members (excludes halogenated alkanes) is 26. The highest BCUT2D eigenvalue weighted by Crippen LogP contribution is 2.17. The van der Waals surface area contributed by atoms with Crippen molar-refractivity contribution in [3.8, 4) is 0 Å². The summed E-state index contributed by atoms with van der Waals surface area (Å²) < 4.78 is 5.91. The Kier molecular flexibility index (Phi) is 37.9. The van der Waals surface area contributed by atoms with Crippen LogP contribution in [0.3, 0.4) is 0 Å². The zero-order valence-corrected chi connectivity index (χ0v) is 33.7. The molecular formula is C44H84N2O5. The molecule has 0 spiro atoms. The topological polar surface area (TPSA) is 119 Å². The summed E-state index contributed by atoms with van der Waals surface area (Å²) in [6, 6.07) is -0.867. The SMILES string of the molecule is CCCCCC/C=C\C(CCCCCCC(=O)NC(CCCN)C(=O)O)OC(=O)CCCCCCCCCCCCCCCCCCCCCC. The van der Waals surface area contributed by atoms with Crippen molar-refractivity contribution < 1.29 is 24.2 Å². The average molecular weight is 721 g/mol. The van der Waals surface area contributed by atoms with Gasteiger partial charge in [0.15, 0.2) is 0 Å². The number of carbonyl (C=O) groups excluding carboxylic acids is 2. The summed E-state index contributed by atoms with van der Waals surface area (Å²) >= 11 is 0. The molecule has 1 amide bonds. The second-order valence-corrected chi connectivity index (χ2v) is 15.1. The summed E-state index contributed by atoms with van der Waals surface area (Å²) in [5.74, 6) is -1.32. The molecule has 0 aliphatic heterocycles. The fourth-order valence-corrected chi connectivity index (χ4v) is 6.71. The summed E-state index contributed by atoms with van der Waals surface area (Å²) in [5.41, 5.74) is 5.48. The lowest BCUT2D eigenvalue weighted by atomic mass is 10.0. The van der Waals surface area contributed by atoms with Gasteiger partial charge in [0.25, 0.3) is 0 Å². The van der Waals surface area contributed by atoms with Crippen molar-refractivity contribution in [1.82, 2.24) is 5.32 Å². The number of aliphatic carboxylic acids is 1. The molecule has 0 saturated carbocycles. The number of carbonyl (C=O) groups is 3. The Balaban J connectivity index is 4.02. The fourth-order valence-electron chi connectivity index (χ4n) is 6.71. The van der Waals surface area contributed by atoms with Gasteiger partial charge in [-0.05, 0) is 64.0 Å². The Morgan fingerprint density at radius 3 is 1.47 bits per heavy atom. The third-order valence-corrected chi connectivity index (χ3v) is 10.1. The molecule has 0 fully saturated rings. The van der Waals surface area contributed by atoms with E-state index in [1.54, 1.807) is 0 Å². The minimum absolute atomic E-state index is 0.0858. The predicted octanol–water partition coefficient (Wildman–Crippen LogP) is 12.3. The summed E-state index contributed by atoms with van der Waals surface area (Å²) in [4.78, 5) is 36.2. The Bertz CT molecular complexity index is 817. The molecule has 2 unspecified atom stereocenters. The minimum Gasteiger partial charge on any atom is -0.480 e. The van der Waals surface area contributed by atoms with Gasteiger partial charge in [-0.1, -0.05) is 174 Å². The number of hydrogen-bond acceptors (Lipinski definition) is 5. The molecule has 300 valence electrons. The molecule has 0 radical (unpaired) electrons. The van der Waals surface area contributed by atoms with Gasteiger partial charge in [0.2, 0.25) is 5.91 Å².